The molecule has 0 bridgehead atoms. The number of rotatable bonds is 1. The fraction of sp³-hybridized carbons (Fsp3) is 0.333. The molecule has 5 nitrogen and oxygen atoms in total. The van der Waals surface area contributed by atoms with Crippen LogP contribution in [0.3, 0.4) is 0 Å². The first kappa shape index (κ1) is 16.5. The van der Waals surface area contributed by atoms with Crippen molar-refractivity contribution in [3.05, 3.63) is 34.2 Å². The molecule has 0 aliphatic rings. The largest absolute Gasteiger partial charge is 0.464 e. The molecule has 22 heavy (non-hydrogen) atoms. The van der Waals surface area contributed by atoms with E-state index in [0.717, 1.165) is 4.57 Å². The zero-order valence-electron chi connectivity index (χ0n) is 12.6. The molecule has 7 heteroatoms. The van der Waals surface area contributed by atoms with E-state index >= 15 is 0 Å². The highest BCUT2D eigenvalue weighted by atomic mass is 79.9. The molecule has 1 heterocycles. The van der Waals surface area contributed by atoms with Gasteiger partial charge in [0.2, 0.25) is 0 Å². The summed E-state index contributed by atoms with van der Waals surface area (Å²) in [6.07, 6.45) is -0.735. The van der Waals surface area contributed by atoms with Gasteiger partial charge in [-0.3, -0.25) is 0 Å². The number of hydrogen-bond acceptors (Lipinski definition) is 4. The van der Waals surface area contributed by atoms with E-state index < -0.39 is 23.5 Å². The number of ether oxygens (including phenoxy) is 2. The third kappa shape index (κ3) is 2.99. The van der Waals surface area contributed by atoms with Crippen LogP contribution in [0.25, 0.3) is 10.9 Å². The second-order valence-electron chi connectivity index (χ2n) is 5.63. The van der Waals surface area contributed by atoms with Gasteiger partial charge >= 0.3 is 12.1 Å². The van der Waals surface area contributed by atoms with Gasteiger partial charge in [-0.25, -0.2) is 18.5 Å². The molecule has 0 atom stereocenters. The first-order valence-corrected chi connectivity index (χ1v) is 7.26. The van der Waals surface area contributed by atoms with Gasteiger partial charge in [0.1, 0.15) is 17.1 Å². The van der Waals surface area contributed by atoms with Crippen LogP contribution >= 0.6 is 15.9 Å². The van der Waals surface area contributed by atoms with E-state index in [1.54, 1.807) is 20.8 Å². The minimum absolute atomic E-state index is 0.0296. The highest BCUT2D eigenvalue weighted by molar-refractivity contribution is 9.10. The van der Waals surface area contributed by atoms with Gasteiger partial charge in [-0.2, -0.15) is 0 Å². The van der Waals surface area contributed by atoms with Crippen LogP contribution in [0.4, 0.5) is 9.18 Å². The molecular weight excluding hydrogens is 357 g/mol. The number of carbonyl (C=O) groups is 2. The molecular formula is C15H15BrFNO4. The van der Waals surface area contributed by atoms with Gasteiger partial charge < -0.3 is 9.47 Å². The SMILES string of the molecule is COC(=O)c1cc2c(Br)c(F)ccc2n1C(=O)OC(C)(C)C. The lowest BCUT2D eigenvalue weighted by Gasteiger charge is -2.20. The van der Waals surface area contributed by atoms with Crippen molar-refractivity contribution in [2.75, 3.05) is 7.11 Å². The number of methoxy groups -OCH3 is 1. The second-order valence-corrected chi connectivity index (χ2v) is 6.42. The molecule has 0 saturated heterocycles. The van der Waals surface area contributed by atoms with Crippen molar-refractivity contribution in [1.29, 1.82) is 0 Å². The molecule has 0 spiro atoms. The van der Waals surface area contributed by atoms with Crippen LogP contribution < -0.4 is 0 Å². The number of benzene rings is 1. The van der Waals surface area contributed by atoms with Crippen molar-refractivity contribution in [1.82, 2.24) is 4.57 Å². The minimum Gasteiger partial charge on any atom is -0.464 e. The topological polar surface area (TPSA) is 57.5 Å². The van der Waals surface area contributed by atoms with E-state index in [-0.39, 0.29) is 10.2 Å². The van der Waals surface area contributed by atoms with E-state index in [4.69, 9.17) is 4.74 Å². The van der Waals surface area contributed by atoms with Crippen LogP contribution in [0.15, 0.2) is 22.7 Å². The quantitative estimate of drug-likeness (QED) is 0.707. The molecule has 0 aliphatic carbocycles. The van der Waals surface area contributed by atoms with Crippen molar-refractivity contribution in [3.63, 3.8) is 0 Å². The van der Waals surface area contributed by atoms with E-state index in [0.29, 0.717) is 10.9 Å². The number of nitrogens with zero attached hydrogens (tertiary/aromatic N) is 1. The number of halogens is 2. The van der Waals surface area contributed by atoms with Gasteiger partial charge in [0.25, 0.3) is 0 Å². The molecule has 0 saturated carbocycles. The minimum atomic E-state index is -0.738. The van der Waals surface area contributed by atoms with Gasteiger partial charge in [-0.1, -0.05) is 0 Å². The molecule has 2 aromatic rings. The van der Waals surface area contributed by atoms with Crippen LogP contribution in [0.1, 0.15) is 31.3 Å². The van der Waals surface area contributed by atoms with E-state index in [2.05, 4.69) is 20.7 Å². The monoisotopic (exact) mass is 371 g/mol. The maximum Gasteiger partial charge on any atom is 0.419 e. The Labute approximate surface area is 135 Å². The molecule has 0 amide bonds. The maximum atomic E-state index is 13.7. The Balaban J connectivity index is 2.71. The van der Waals surface area contributed by atoms with Crippen LogP contribution in [-0.2, 0) is 9.47 Å². The molecule has 1 aromatic carbocycles. The van der Waals surface area contributed by atoms with E-state index in [1.165, 1.54) is 25.3 Å². The predicted octanol–water partition coefficient (Wildman–Crippen LogP) is 4.11. The average molecular weight is 372 g/mol. The van der Waals surface area contributed by atoms with E-state index in [9.17, 15) is 14.0 Å². The number of esters is 1. The van der Waals surface area contributed by atoms with Gasteiger partial charge in [-0.05, 0) is 54.9 Å². The summed E-state index contributed by atoms with van der Waals surface area (Å²) in [6, 6.07) is 4.00. The first-order valence-electron chi connectivity index (χ1n) is 6.47. The molecule has 0 N–H and O–H groups in total. The summed E-state index contributed by atoms with van der Waals surface area (Å²) in [5, 5.41) is 0.381. The molecule has 0 radical (unpaired) electrons. The Kier molecular flexibility index (Phi) is 4.28. The highest BCUT2D eigenvalue weighted by Crippen LogP contribution is 2.30. The summed E-state index contributed by atoms with van der Waals surface area (Å²) in [5.41, 5.74) is -0.417. The van der Waals surface area contributed by atoms with Crippen molar-refractivity contribution in [3.8, 4) is 0 Å². The molecule has 118 valence electrons. The van der Waals surface area contributed by atoms with Gasteiger partial charge in [0.05, 0.1) is 17.1 Å². The number of aromatic nitrogens is 1. The Hall–Kier alpha value is -1.89. The zero-order valence-corrected chi connectivity index (χ0v) is 14.2. The van der Waals surface area contributed by atoms with Crippen molar-refractivity contribution in [2.45, 2.75) is 26.4 Å². The summed E-state index contributed by atoms with van der Waals surface area (Å²) in [7, 11) is 1.20. The lowest BCUT2D eigenvalue weighted by atomic mass is 10.2. The van der Waals surface area contributed by atoms with Gasteiger partial charge in [0, 0.05) is 5.39 Å². The van der Waals surface area contributed by atoms with Crippen molar-refractivity contribution in [2.24, 2.45) is 0 Å². The molecule has 0 aliphatic heterocycles. The van der Waals surface area contributed by atoms with Crippen LogP contribution in [0.5, 0.6) is 0 Å². The summed E-state index contributed by atoms with van der Waals surface area (Å²) in [5.74, 6) is -1.21. The normalized spacial score (nSPS) is 11.5. The van der Waals surface area contributed by atoms with Gasteiger partial charge in [-0.15, -0.1) is 0 Å². The highest BCUT2D eigenvalue weighted by Gasteiger charge is 2.26. The van der Waals surface area contributed by atoms with Crippen molar-refractivity contribution < 1.29 is 23.5 Å². The fourth-order valence-corrected chi connectivity index (χ4v) is 2.43. The number of hydrogen-bond donors (Lipinski definition) is 0. The van der Waals surface area contributed by atoms with Crippen LogP contribution in [0.2, 0.25) is 0 Å². The van der Waals surface area contributed by atoms with Crippen LogP contribution in [0, 0.1) is 5.82 Å². The molecule has 0 fully saturated rings. The number of fused-ring (bicyclic) bond motifs is 1. The lowest BCUT2D eigenvalue weighted by Crippen LogP contribution is -2.29. The average Bonchev–Trinajstić information content (AvgIpc) is 2.80. The van der Waals surface area contributed by atoms with Crippen molar-refractivity contribution >= 4 is 38.9 Å². The standard InChI is InChI=1S/C15H15BrFNO4/c1-15(2,3)22-14(20)18-10-6-5-9(17)12(16)8(10)7-11(18)13(19)21-4/h5-7H,1-4H3. The van der Waals surface area contributed by atoms with E-state index in [1.807, 2.05) is 0 Å². The Morgan fingerprint density at radius 3 is 2.45 bits per heavy atom. The smallest absolute Gasteiger partial charge is 0.419 e. The van der Waals surface area contributed by atoms with Crippen LogP contribution in [-0.4, -0.2) is 29.3 Å². The Morgan fingerprint density at radius 1 is 1.27 bits per heavy atom. The van der Waals surface area contributed by atoms with Gasteiger partial charge in [0.15, 0.2) is 0 Å². The first-order chi connectivity index (χ1) is 10.2. The second kappa shape index (κ2) is 5.72. The molecule has 2 rings (SSSR count). The third-order valence-electron chi connectivity index (χ3n) is 2.84. The zero-order chi connectivity index (χ0) is 16.7. The number of carbonyl (C=O) groups excluding carboxylic acids is 2. The lowest BCUT2D eigenvalue weighted by molar-refractivity contribution is 0.0489. The third-order valence-corrected chi connectivity index (χ3v) is 3.65. The molecule has 0 unspecified atom stereocenters. The Morgan fingerprint density at radius 2 is 1.91 bits per heavy atom. The summed E-state index contributed by atoms with van der Waals surface area (Å²) >= 11 is 3.12. The summed E-state index contributed by atoms with van der Waals surface area (Å²) < 4.78 is 24.9. The maximum absolute atomic E-state index is 13.7. The Bertz CT molecular complexity index is 761. The molecule has 1 aromatic heterocycles. The fourth-order valence-electron chi connectivity index (χ4n) is 1.98. The predicted molar refractivity (Wildman–Crippen MR) is 82.6 cm³/mol. The summed E-state index contributed by atoms with van der Waals surface area (Å²) in [6.45, 7) is 5.14. The summed E-state index contributed by atoms with van der Waals surface area (Å²) in [4.78, 5) is 24.3.